The van der Waals surface area contributed by atoms with E-state index < -0.39 is 11.4 Å². The summed E-state index contributed by atoms with van der Waals surface area (Å²) in [7, 11) is 1.28. The molecular formula is C20H18N2O2. The highest BCUT2D eigenvalue weighted by molar-refractivity contribution is 5.40. The van der Waals surface area contributed by atoms with E-state index in [1.165, 1.54) is 7.11 Å². The van der Waals surface area contributed by atoms with Crippen LogP contribution in [0.25, 0.3) is 0 Å². The van der Waals surface area contributed by atoms with E-state index in [9.17, 15) is 15.6 Å². The quantitative estimate of drug-likeness (QED) is 0.647. The summed E-state index contributed by atoms with van der Waals surface area (Å²) in [5, 5.41) is 29.5. The Morgan fingerprint density at radius 3 is 1.75 bits per heavy atom. The molecule has 0 radical (unpaired) electrons. The van der Waals surface area contributed by atoms with Gasteiger partial charge in [0.15, 0.2) is 0 Å². The number of aliphatic hydroxyl groups is 1. The number of rotatable bonds is 6. The van der Waals surface area contributed by atoms with E-state index >= 15 is 0 Å². The second kappa shape index (κ2) is 7.85. The molecule has 2 aromatic carbocycles. The van der Waals surface area contributed by atoms with Crippen molar-refractivity contribution in [1.82, 2.24) is 0 Å². The molecule has 0 bridgehead atoms. The Kier molecular flexibility index (Phi) is 5.60. The third-order valence-corrected chi connectivity index (χ3v) is 3.91. The summed E-state index contributed by atoms with van der Waals surface area (Å²) in [5.41, 5.74) is 0.552. The summed E-state index contributed by atoms with van der Waals surface area (Å²) in [6, 6.07) is 23.1. The van der Waals surface area contributed by atoms with Crippen LogP contribution in [0.4, 0.5) is 0 Å². The van der Waals surface area contributed by atoms with E-state index in [2.05, 4.69) is 6.07 Å². The lowest BCUT2D eigenvalue weighted by atomic mass is 9.72. The number of hydrogen-bond donors (Lipinski definition) is 1. The number of allylic oxidation sites excluding steroid dienone is 1. The molecule has 0 aromatic heterocycles. The minimum absolute atomic E-state index is 0.0554. The van der Waals surface area contributed by atoms with Gasteiger partial charge in [-0.15, -0.1) is 0 Å². The molecule has 0 fully saturated rings. The van der Waals surface area contributed by atoms with Gasteiger partial charge in [-0.25, -0.2) is 0 Å². The Hall–Kier alpha value is -3.24. The third-order valence-electron chi connectivity index (χ3n) is 3.91. The second-order valence-electron chi connectivity index (χ2n) is 5.51. The van der Waals surface area contributed by atoms with E-state index in [0.29, 0.717) is 12.8 Å². The highest BCUT2D eigenvalue weighted by Gasteiger charge is 2.39. The molecule has 120 valence electrons. The summed E-state index contributed by atoms with van der Waals surface area (Å²) >= 11 is 0. The number of benzene rings is 2. The van der Waals surface area contributed by atoms with Crippen molar-refractivity contribution in [2.24, 2.45) is 5.41 Å². The monoisotopic (exact) mass is 318 g/mol. The van der Waals surface area contributed by atoms with Gasteiger partial charge in [0, 0.05) is 0 Å². The molecular weight excluding hydrogens is 300 g/mol. The van der Waals surface area contributed by atoms with Gasteiger partial charge in [-0.2, -0.15) is 10.5 Å². The van der Waals surface area contributed by atoms with Crippen molar-refractivity contribution in [3.8, 4) is 12.1 Å². The smallest absolute Gasteiger partial charge is 0.292 e. The van der Waals surface area contributed by atoms with Gasteiger partial charge in [0.2, 0.25) is 0 Å². The molecule has 0 atom stereocenters. The maximum absolute atomic E-state index is 10.0. The lowest BCUT2D eigenvalue weighted by Crippen LogP contribution is -2.28. The van der Waals surface area contributed by atoms with Crippen molar-refractivity contribution in [2.75, 3.05) is 7.11 Å². The zero-order chi connectivity index (χ0) is 17.4. The molecule has 0 aliphatic heterocycles. The Morgan fingerprint density at radius 1 is 0.958 bits per heavy atom. The molecule has 0 saturated heterocycles. The number of aliphatic hydroxyl groups excluding tert-OH is 1. The van der Waals surface area contributed by atoms with Crippen LogP contribution in [-0.4, -0.2) is 12.2 Å². The predicted octanol–water partition coefficient (Wildman–Crippen LogP) is 3.92. The minimum atomic E-state index is -1.21. The first-order chi connectivity index (χ1) is 11.6. The molecule has 0 saturated carbocycles. The summed E-state index contributed by atoms with van der Waals surface area (Å²) in [5.74, 6) is -0.508. The molecule has 0 unspecified atom stereocenters. The first-order valence-electron chi connectivity index (χ1n) is 7.52. The van der Waals surface area contributed by atoms with Gasteiger partial charge in [0.25, 0.3) is 5.95 Å². The van der Waals surface area contributed by atoms with E-state index in [1.54, 1.807) is 0 Å². The number of nitriles is 2. The molecule has 1 N–H and O–H groups in total. The number of ether oxygens (including phenoxy) is 1. The van der Waals surface area contributed by atoms with Crippen molar-refractivity contribution in [3.63, 3.8) is 0 Å². The largest absolute Gasteiger partial charge is 0.480 e. The third kappa shape index (κ3) is 3.74. The van der Waals surface area contributed by atoms with Crippen LogP contribution in [0.1, 0.15) is 11.1 Å². The van der Waals surface area contributed by atoms with Crippen molar-refractivity contribution in [2.45, 2.75) is 12.8 Å². The SMILES string of the molecule is CO/C(O)=C(\C#N)C(C#N)(Cc1ccccc1)Cc1ccccc1. The molecule has 0 spiro atoms. The van der Waals surface area contributed by atoms with Crippen LogP contribution in [0.3, 0.4) is 0 Å². The highest BCUT2D eigenvalue weighted by atomic mass is 16.6. The molecule has 4 heteroatoms. The maximum atomic E-state index is 10.0. The van der Waals surface area contributed by atoms with Gasteiger partial charge < -0.3 is 9.84 Å². The summed E-state index contributed by atoms with van der Waals surface area (Å²) in [6.07, 6.45) is 0.602. The first kappa shape index (κ1) is 17.1. The molecule has 0 heterocycles. The molecule has 0 amide bonds. The van der Waals surface area contributed by atoms with Gasteiger partial charge in [-0.1, -0.05) is 60.7 Å². The van der Waals surface area contributed by atoms with Gasteiger partial charge >= 0.3 is 0 Å². The fraction of sp³-hybridized carbons (Fsp3) is 0.200. The van der Waals surface area contributed by atoms with Crippen LogP contribution in [0.2, 0.25) is 0 Å². The molecule has 2 aromatic rings. The Balaban J connectivity index is 2.54. The molecule has 0 aliphatic rings. The van der Waals surface area contributed by atoms with Crippen molar-refractivity contribution in [3.05, 3.63) is 83.3 Å². The highest BCUT2D eigenvalue weighted by Crippen LogP contribution is 2.36. The van der Waals surface area contributed by atoms with Crippen LogP contribution in [0.5, 0.6) is 0 Å². The normalized spacial score (nSPS) is 11.8. The molecule has 24 heavy (non-hydrogen) atoms. The van der Waals surface area contributed by atoms with Crippen LogP contribution >= 0.6 is 0 Å². The average Bonchev–Trinajstić information content (AvgIpc) is 2.63. The average molecular weight is 318 g/mol. The van der Waals surface area contributed by atoms with Gasteiger partial charge in [0.05, 0.1) is 13.2 Å². The standard InChI is InChI=1S/C20H18N2O2/c1-24-19(23)18(14-21)20(15-22,12-16-8-4-2-5-9-16)13-17-10-6-3-7-11-17/h2-11,23H,12-13H2,1H3/b19-18+. The lowest BCUT2D eigenvalue weighted by Gasteiger charge is -2.26. The number of nitrogens with zero attached hydrogens (tertiary/aromatic N) is 2. The zero-order valence-corrected chi connectivity index (χ0v) is 13.4. The number of methoxy groups -OCH3 is 1. The van der Waals surface area contributed by atoms with Gasteiger partial charge in [-0.3, -0.25) is 0 Å². The lowest BCUT2D eigenvalue weighted by molar-refractivity contribution is 0.126. The Bertz CT molecular complexity index is 742. The summed E-state index contributed by atoms with van der Waals surface area (Å²) in [4.78, 5) is 0. The van der Waals surface area contributed by atoms with Crippen molar-refractivity contribution >= 4 is 0 Å². The van der Waals surface area contributed by atoms with Crippen LogP contribution in [0.15, 0.2) is 72.2 Å². The molecule has 4 nitrogen and oxygen atoms in total. The Morgan fingerprint density at radius 2 is 1.42 bits per heavy atom. The van der Waals surface area contributed by atoms with Gasteiger partial charge in [-0.05, 0) is 24.0 Å². The minimum Gasteiger partial charge on any atom is -0.480 e. The predicted molar refractivity (Wildman–Crippen MR) is 90.6 cm³/mol. The second-order valence-corrected chi connectivity index (χ2v) is 5.51. The maximum Gasteiger partial charge on any atom is 0.292 e. The first-order valence-corrected chi connectivity index (χ1v) is 7.52. The van der Waals surface area contributed by atoms with E-state index in [-0.39, 0.29) is 5.57 Å². The molecule has 2 rings (SSSR count). The van der Waals surface area contributed by atoms with E-state index in [1.807, 2.05) is 66.7 Å². The Labute approximate surface area is 141 Å². The van der Waals surface area contributed by atoms with Crippen LogP contribution in [0, 0.1) is 28.1 Å². The van der Waals surface area contributed by atoms with Crippen molar-refractivity contribution < 1.29 is 9.84 Å². The van der Waals surface area contributed by atoms with E-state index in [0.717, 1.165) is 11.1 Å². The zero-order valence-electron chi connectivity index (χ0n) is 13.4. The van der Waals surface area contributed by atoms with Crippen LogP contribution in [-0.2, 0) is 17.6 Å². The van der Waals surface area contributed by atoms with Crippen molar-refractivity contribution in [1.29, 1.82) is 10.5 Å². The topological polar surface area (TPSA) is 77.0 Å². The summed E-state index contributed by atoms with van der Waals surface area (Å²) in [6.45, 7) is 0. The van der Waals surface area contributed by atoms with E-state index in [4.69, 9.17) is 4.74 Å². The fourth-order valence-corrected chi connectivity index (χ4v) is 2.72. The molecule has 0 aliphatic carbocycles. The van der Waals surface area contributed by atoms with Crippen LogP contribution < -0.4 is 0 Å². The number of hydrogen-bond acceptors (Lipinski definition) is 4. The van der Waals surface area contributed by atoms with Gasteiger partial charge in [0.1, 0.15) is 17.1 Å². The fourth-order valence-electron chi connectivity index (χ4n) is 2.72. The summed E-state index contributed by atoms with van der Waals surface area (Å²) < 4.78 is 4.85.